The van der Waals surface area contributed by atoms with Crippen molar-refractivity contribution in [1.29, 1.82) is 0 Å². The molecule has 1 aliphatic rings. The van der Waals surface area contributed by atoms with Gasteiger partial charge in [0.1, 0.15) is 0 Å². The average molecular weight is 348 g/mol. The summed E-state index contributed by atoms with van der Waals surface area (Å²) in [7, 11) is 0. The van der Waals surface area contributed by atoms with Crippen LogP contribution in [-0.2, 0) is 0 Å². The van der Waals surface area contributed by atoms with Crippen LogP contribution in [0.5, 0.6) is 11.5 Å². The van der Waals surface area contributed by atoms with Crippen molar-refractivity contribution >= 4 is 15.9 Å². The predicted octanol–water partition coefficient (Wildman–Crippen LogP) is 4.27. The summed E-state index contributed by atoms with van der Waals surface area (Å²) in [4.78, 5) is 0. The lowest BCUT2D eigenvalue weighted by atomic mass is 9.98. The van der Waals surface area contributed by atoms with Gasteiger partial charge in [-0.1, -0.05) is 41.1 Å². The van der Waals surface area contributed by atoms with Gasteiger partial charge in [-0.2, -0.15) is 0 Å². The predicted molar refractivity (Wildman–Crippen MR) is 86.8 cm³/mol. The van der Waals surface area contributed by atoms with Crippen LogP contribution in [0.3, 0.4) is 0 Å². The van der Waals surface area contributed by atoms with Gasteiger partial charge in [-0.05, 0) is 48.4 Å². The molecule has 0 amide bonds. The van der Waals surface area contributed by atoms with Crippen LogP contribution >= 0.6 is 15.9 Å². The molecule has 21 heavy (non-hydrogen) atoms. The maximum Gasteiger partial charge on any atom is 0.231 e. The smallest absolute Gasteiger partial charge is 0.231 e. The van der Waals surface area contributed by atoms with Gasteiger partial charge < -0.3 is 14.8 Å². The third kappa shape index (κ3) is 3.22. The molecule has 1 atom stereocenters. The third-order valence-electron chi connectivity index (χ3n) is 3.53. The minimum absolute atomic E-state index is 0.160. The van der Waals surface area contributed by atoms with Crippen LogP contribution in [0.2, 0.25) is 0 Å². The summed E-state index contributed by atoms with van der Waals surface area (Å²) in [6.07, 6.45) is 1.09. The average Bonchev–Trinajstić information content (AvgIpc) is 2.97. The molecular weight excluding hydrogens is 330 g/mol. The van der Waals surface area contributed by atoms with Gasteiger partial charge in [0.2, 0.25) is 6.79 Å². The molecule has 1 unspecified atom stereocenters. The fraction of sp³-hybridized carbons (Fsp3) is 0.294. The zero-order valence-electron chi connectivity index (χ0n) is 11.9. The molecule has 2 aromatic carbocycles. The van der Waals surface area contributed by atoms with Crippen LogP contribution in [0.15, 0.2) is 46.9 Å². The summed E-state index contributed by atoms with van der Waals surface area (Å²) in [6, 6.07) is 14.7. The van der Waals surface area contributed by atoms with Crippen LogP contribution in [-0.4, -0.2) is 13.3 Å². The number of hydrogen-bond acceptors (Lipinski definition) is 3. The molecule has 0 bridgehead atoms. The summed E-state index contributed by atoms with van der Waals surface area (Å²) in [5.41, 5.74) is 2.43. The minimum atomic E-state index is 0.160. The number of benzene rings is 2. The summed E-state index contributed by atoms with van der Waals surface area (Å²) >= 11 is 3.49. The zero-order valence-corrected chi connectivity index (χ0v) is 13.5. The van der Waals surface area contributed by atoms with E-state index in [1.165, 1.54) is 11.1 Å². The normalized spacial score (nSPS) is 14.2. The molecule has 4 heteroatoms. The first-order valence-electron chi connectivity index (χ1n) is 7.16. The summed E-state index contributed by atoms with van der Waals surface area (Å²) in [5, 5.41) is 3.60. The van der Waals surface area contributed by atoms with E-state index in [1.54, 1.807) is 0 Å². The van der Waals surface area contributed by atoms with E-state index in [-0.39, 0.29) is 6.04 Å². The number of hydrogen-bond donors (Lipinski definition) is 1. The van der Waals surface area contributed by atoms with E-state index in [2.05, 4.69) is 64.6 Å². The Hall–Kier alpha value is -1.52. The Morgan fingerprint density at radius 2 is 1.76 bits per heavy atom. The van der Waals surface area contributed by atoms with Crippen molar-refractivity contribution in [3.8, 4) is 11.5 Å². The molecule has 0 aromatic heterocycles. The second-order valence-corrected chi connectivity index (χ2v) is 5.97. The molecular formula is C17H18BrNO2. The van der Waals surface area contributed by atoms with Crippen molar-refractivity contribution in [3.05, 3.63) is 58.1 Å². The summed E-state index contributed by atoms with van der Waals surface area (Å²) in [6.45, 7) is 3.45. The topological polar surface area (TPSA) is 30.5 Å². The number of ether oxygens (including phenoxy) is 2. The second kappa shape index (κ2) is 6.50. The van der Waals surface area contributed by atoms with Crippen molar-refractivity contribution in [2.45, 2.75) is 19.4 Å². The van der Waals surface area contributed by atoms with Gasteiger partial charge >= 0.3 is 0 Å². The Kier molecular flexibility index (Phi) is 4.46. The lowest BCUT2D eigenvalue weighted by Crippen LogP contribution is -2.23. The van der Waals surface area contributed by atoms with Crippen molar-refractivity contribution in [2.24, 2.45) is 0 Å². The Bertz CT molecular complexity index is 613. The molecule has 110 valence electrons. The van der Waals surface area contributed by atoms with Gasteiger partial charge in [0.05, 0.1) is 6.04 Å². The maximum absolute atomic E-state index is 5.49. The van der Waals surface area contributed by atoms with E-state index in [4.69, 9.17) is 9.47 Å². The van der Waals surface area contributed by atoms with Crippen LogP contribution < -0.4 is 14.8 Å². The van der Waals surface area contributed by atoms with E-state index in [1.807, 2.05) is 6.07 Å². The van der Waals surface area contributed by atoms with E-state index >= 15 is 0 Å². The molecule has 0 radical (unpaired) electrons. The standard InChI is InChI=1S/C17H18BrNO2/c1-2-9-19-17(12-3-6-14(18)7-4-12)13-5-8-15-16(10-13)21-11-20-15/h3-8,10,17,19H,2,9,11H2,1H3. The van der Waals surface area contributed by atoms with E-state index in [0.29, 0.717) is 6.79 Å². The highest BCUT2D eigenvalue weighted by atomic mass is 79.9. The highest BCUT2D eigenvalue weighted by molar-refractivity contribution is 9.10. The molecule has 2 aromatic rings. The quantitative estimate of drug-likeness (QED) is 0.876. The monoisotopic (exact) mass is 347 g/mol. The van der Waals surface area contributed by atoms with Crippen molar-refractivity contribution in [3.63, 3.8) is 0 Å². The lowest BCUT2D eigenvalue weighted by molar-refractivity contribution is 0.174. The minimum Gasteiger partial charge on any atom is -0.454 e. The molecule has 0 fully saturated rings. The summed E-state index contributed by atoms with van der Waals surface area (Å²) < 4.78 is 12.0. The first-order valence-corrected chi connectivity index (χ1v) is 7.95. The van der Waals surface area contributed by atoms with E-state index in [9.17, 15) is 0 Å². The highest BCUT2D eigenvalue weighted by Crippen LogP contribution is 2.35. The van der Waals surface area contributed by atoms with Crippen LogP contribution in [0.4, 0.5) is 0 Å². The molecule has 3 nitrogen and oxygen atoms in total. The first-order chi connectivity index (χ1) is 10.3. The molecule has 1 N–H and O–H groups in total. The van der Waals surface area contributed by atoms with E-state index in [0.717, 1.165) is 28.9 Å². The number of halogens is 1. The largest absolute Gasteiger partial charge is 0.454 e. The molecule has 1 heterocycles. The maximum atomic E-state index is 5.49. The van der Waals surface area contributed by atoms with Gasteiger partial charge in [0.15, 0.2) is 11.5 Å². The molecule has 0 spiro atoms. The van der Waals surface area contributed by atoms with Crippen LogP contribution in [0, 0.1) is 0 Å². The highest BCUT2D eigenvalue weighted by Gasteiger charge is 2.18. The molecule has 1 aliphatic heterocycles. The van der Waals surface area contributed by atoms with Crippen molar-refractivity contribution in [1.82, 2.24) is 5.32 Å². The van der Waals surface area contributed by atoms with Crippen molar-refractivity contribution in [2.75, 3.05) is 13.3 Å². The SMILES string of the molecule is CCCNC(c1ccc(Br)cc1)c1ccc2c(c1)OCO2. The van der Waals surface area contributed by atoms with Gasteiger partial charge in [0.25, 0.3) is 0 Å². The summed E-state index contributed by atoms with van der Waals surface area (Å²) in [5.74, 6) is 1.65. The Morgan fingerprint density at radius 3 is 2.52 bits per heavy atom. The molecule has 3 rings (SSSR count). The molecule has 0 saturated carbocycles. The number of rotatable bonds is 5. The molecule has 0 saturated heterocycles. The van der Waals surface area contributed by atoms with Crippen molar-refractivity contribution < 1.29 is 9.47 Å². The molecule has 0 aliphatic carbocycles. The zero-order chi connectivity index (χ0) is 14.7. The van der Waals surface area contributed by atoms with Crippen LogP contribution in [0.1, 0.15) is 30.5 Å². The van der Waals surface area contributed by atoms with Crippen LogP contribution in [0.25, 0.3) is 0 Å². The van der Waals surface area contributed by atoms with E-state index < -0.39 is 0 Å². The Labute approximate surface area is 133 Å². The second-order valence-electron chi connectivity index (χ2n) is 5.05. The van der Waals surface area contributed by atoms with Gasteiger partial charge in [0, 0.05) is 4.47 Å². The van der Waals surface area contributed by atoms with Gasteiger partial charge in [-0.25, -0.2) is 0 Å². The fourth-order valence-corrected chi connectivity index (χ4v) is 2.73. The van der Waals surface area contributed by atoms with Gasteiger partial charge in [-0.15, -0.1) is 0 Å². The lowest BCUT2D eigenvalue weighted by Gasteiger charge is -2.20. The van der Waals surface area contributed by atoms with Gasteiger partial charge in [-0.3, -0.25) is 0 Å². The Morgan fingerprint density at radius 1 is 1.05 bits per heavy atom. The Balaban J connectivity index is 1.93. The first kappa shape index (κ1) is 14.4. The fourth-order valence-electron chi connectivity index (χ4n) is 2.46. The number of nitrogens with one attached hydrogen (secondary N) is 1. The number of fused-ring (bicyclic) bond motifs is 1. The third-order valence-corrected chi connectivity index (χ3v) is 4.06.